The zero-order valence-electron chi connectivity index (χ0n) is 19.7. The van der Waals surface area contributed by atoms with E-state index in [1.54, 1.807) is 4.90 Å². The van der Waals surface area contributed by atoms with E-state index in [0.717, 1.165) is 13.0 Å². The van der Waals surface area contributed by atoms with E-state index in [2.05, 4.69) is 12.2 Å². The molecule has 0 radical (unpaired) electrons. The molecule has 0 aromatic carbocycles. The lowest BCUT2D eigenvalue weighted by Gasteiger charge is -2.24. The van der Waals surface area contributed by atoms with Gasteiger partial charge in [-0.25, -0.2) is 4.79 Å². The van der Waals surface area contributed by atoms with Crippen molar-refractivity contribution in [3.05, 3.63) is 0 Å². The number of β-amino-alcohol motifs (C(OH)–C–C–N with tert-alkyl or cyclic N) is 1. The van der Waals surface area contributed by atoms with Crippen molar-refractivity contribution >= 4 is 6.09 Å². The number of carbonyl (C=O) groups excluding carboxylic acids is 1. The summed E-state index contributed by atoms with van der Waals surface area (Å²) in [6.45, 7) is 9.64. The molecule has 2 N–H and O–H groups in total. The summed E-state index contributed by atoms with van der Waals surface area (Å²) in [7, 11) is 0. The predicted octanol–water partition coefficient (Wildman–Crippen LogP) is 5.65. The van der Waals surface area contributed by atoms with Crippen LogP contribution in [0.1, 0.15) is 111 Å². The number of aliphatic hydroxyl groups excluding tert-OH is 1. The predicted molar refractivity (Wildman–Crippen MR) is 121 cm³/mol. The van der Waals surface area contributed by atoms with E-state index >= 15 is 0 Å². The molecule has 1 rings (SSSR count). The second-order valence-corrected chi connectivity index (χ2v) is 9.76. The number of carbonyl (C=O) groups is 1. The zero-order chi connectivity index (χ0) is 21.5. The molecule has 0 aromatic rings. The molecule has 1 aliphatic heterocycles. The van der Waals surface area contributed by atoms with Gasteiger partial charge in [0.05, 0.1) is 18.7 Å². The molecule has 1 saturated heterocycles. The van der Waals surface area contributed by atoms with Gasteiger partial charge in [-0.05, 0) is 33.7 Å². The van der Waals surface area contributed by atoms with Crippen LogP contribution in [0.3, 0.4) is 0 Å². The van der Waals surface area contributed by atoms with E-state index in [1.165, 1.54) is 77.0 Å². The number of unbranched alkanes of at least 4 members (excludes halogenated alkanes) is 12. The number of hydrogen-bond acceptors (Lipinski definition) is 4. The molecule has 0 saturated carbocycles. The Morgan fingerprint density at radius 2 is 1.38 bits per heavy atom. The molecule has 1 aliphatic rings. The summed E-state index contributed by atoms with van der Waals surface area (Å²) in [5.74, 6) is 0. The fourth-order valence-corrected chi connectivity index (χ4v) is 3.89. The Morgan fingerprint density at radius 3 is 1.86 bits per heavy atom. The van der Waals surface area contributed by atoms with E-state index in [1.807, 2.05) is 20.8 Å². The Hall–Kier alpha value is -0.810. The van der Waals surface area contributed by atoms with Gasteiger partial charge in [0.1, 0.15) is 5.60 Å². The summed E-state index contributed by atoms with van der Waals surface area (Å²) in [6.07, 6.45) is 16.7. The highest BCUT2D eigenvalue weighted by molar-refractivity contribution is 5.68. The van der Waals surface area contributed by atoms with Crippen LogP contribution in [-0.4, -0.2) is 53.5 Å². The molecular weight excluding hydrogens is 364 g/mol. The maximum atomic E-state index is 12.1. The van der Waals surface area contributed by atoms with E-state index < -0.39 is 11.7 Å². The van der Waals surface area contributed by atoms with Crippen molar-refractivity contribution in [1.82, 2.24) is 10.2 Å². The van der Waals surface area contributed by atoms with Gasteiger partial charge in [-0.15, -0.1) is 0 Å². The fourth-order valence-electron chi connectivity index (χ4n) is 3.89. The maximum Gasteiger partial charge on any atom is 0.410 e. The van der Waals surface area contributed by atoms with Crippen LogP contribution in [0.4, 0.5) is 4.79 Å². The molecule has 172 valence electrons. The zero-order valence-corrected chi connectivity index (χ0v) is 19.7. The Kier molecular flexibility index (Phi) is 13.6. The highest BCUT2D eigenvalue weighted by Gasteiger charge is 2.35. The number of nitrogens with one attached hydrogen (secondary N) is 1. The maximum absolute atomic E-state index is 12.1. The number of hydrogen-bond donors (Lipinski definition) is 2. The normalized spacial score (nSPS) is 19.7. The molecule has 5 heteroatoms. The third kappa shape index (κ3) is 13.2. The van der Waals surface area contributed by atoms with Crippen LogP contribution in [0.25, 0.3) is 0 Å². The van der Waals surface area contributed by atoms with Crippen molar-refractivity contribution in [3.63, 3.8) is 0 Å². The van der Waals surface area contributed by atoms with E-state index in [4.69, 9.17) is 4.74 Å². The van der Waals surface area contributed by atoms with Gasteiger partial charge in [0, 0.05) is 6.54 Å². The van der Waals surface area contributed by atoms with Gasteiger partial charge in [0.2, 0.25) is 0 Å². The van der Waals surface area contributed by atoms with Crippen LogP contribution in [0.5, 0.6) is 0 Å². The molecule has 1 heterocycles. The fraction of sp³-hybridized carbons (Fsp3) is 0.958. The number of likely N-dealkylation sites (tertiary alicyclic amines) is 1. The van der Waals surface area contributed by atoms with Crippen molar-refractivity contribution in [1.29, 1.82) is 0 Å². The first kappa shape index (κ1) is 26.2. The molecule has 1 fully saturated rings. The van der Waals surface area contributed by atoms with Crippen LogP contribution in [-0.2, 0) is 4.74 Å². The SMILES string of the molecule is CCCCCCCCCCCCCCCN[C@H]1CN(C(=O)OC(C)(C)C)C[C@@H]1O. The summed E-state index contributed by atoms with van der Waals surface area (Å²) >= 11 is 0. The highest BCUT2D eigenvalue weighted by Crippen LogP contribution is 2.16. The molecule has 2 atom stereocenters. The van der Waals surface area contributed by atoms with Crippen LogP contribution in [0, 0.1) is 0 Å². The van der Waals surface area contributed by atoms with Crippen molar-refractivity contribution in [3.8, 4) is 0 Å². The first-order valence-electron chi connectivity index (χ1n) is 12.2. The third-order valence-corrected chi connectivity index (χ3v) is 5.63. The molecule has 0 unspecified atom stereocenters. The van der Waals surface area contributed by atoms with Gasteiger partial charge < -0.3 is 20.1 Å². The van der Waals surface area contributed by atoms with Gasteiger partial charge in [0.25, 0.3) is 0 Å². The average Bonchev–Trinajstić information content (AvgIpc) is 3.01. The first-order valence-corrected chi connectivity index (χ1v) is 12.2. The molecule has 0 bridgehead atoms. The third-order valence-electron chi connectivity index (χ3n) is 5.63. The molecule has 0 aliphatic carbocycles. The van der Waals surface area contributed by atoms with Crippen LogP contribution in [0.2, 0.25) is 0 Å². The summed E-state index contributed by atoms with van der Waals surface area (Å²) in [4.78, 5) is 13.7. The molecule has 1 amide bonds. The molecule has 29 heavy (non-hydrogen) atoms. The lowest BCUT2D eigenvalue weighted by molar-refractivity contribution is 0.0270. The van der Waals surface area contributed by atoms with E-state index in [-0.39, 0.29) is 12.1 Å². The molecule has 0 aromatic heterocycles. The van der Waals surface area contributed by atoms with Gasteiger partial charge in [-0.2, -0.15) is 0 Å². The average molecular weight is 413 g/mol. The van der Waals surface area contributed by atoms with Gasteiger partial charge in [-0.3, -0.25) is 0 Å². The molecule has 5 nitrogen and oxygen atoms in total. The monoisotopic (exact) mass is 412 g/mol. The van der Waals surface area contributed by atoms with Crippen LogP contribution in [0.15, 0.2) is 0 Å². The van der Waals surface area contributed by atoms with Gasteiger partial charge >= 0.3 is 6.09 Å². The van der Waals surface area contributed by atoms with Crippen LogP contribution >= 0.6 is 0 Å². The lowest BCUT2D eigenvalue weighted by Crippen LogP contribution is -2.40. The minimum Gasteiger partial charge on any atom is -0.444 e. The Labute approximate surface area is 180 Å². The summed E-state index contributed by atoms with van der Waals surface area (Å²) in [5, 5.41) is 13.6. The Balaban J connectivity index is 1.94. The second kappa shape index (κ2) is 15.1. The molecular formula is C24H48N2O3. The van der Waals surface area contributed by atoms with Crippen molar-refractivity contribution < 1.29 is 14.6 Å². The van der Waals surface area contributed by atoms with Crippen molar-refractivity contribution in [2.45, 2.75) is 129 Å². The number of amides is 1. The van der Waals surface area contributed by atoms with Gasteiger partial charge in [0.15, 0.2) is 0 Å². The van der Waals surface area contributed by atoms with E-state index in [0.29, 0.717) is 13.1 Å². The number of ether oxygens (including phenoxy) is 1. The number of rotatable bonds is 15. The summed E-state index contributed by atoms with van der Waals surface area (Å²) in [6, 6.07) is -0.0418. The first-order chi connectivity index (χ1) is 13.8. The summed E-state index contributed by atoms with van der Waals surface area (Å²) in [5.41, 5.74) is -0.498. The quantitative estimate of drug-likeness (QED) is 0.341. The largest absolute Gasteiger partial charge is 0.444 e. The number of nitrogens with zero attached hydrogens (tertiary/aromatic N) is 1. The van der Waals surface area contributed by atoms with Crippen molar-refractivity contribution in [2.24, 2.45) is 0 Å². The molecule has 0 spiro atoms. The minimum atomic E-state index is -0.510. The summed E-state index contributed by atoms with van der Waals surface area (Å²) < 4.78 is 5.39. The van der Waals surface area contributed by atoms with Crippen molar-refractivity contribution in [2.75, 3.05) is 19.6 Å². The van der Waals surface area contributed by atoms with E-state index in [9.17, 15) is 9.90 Å². The van der Waals surface area contributed by atoms with Crippen LogP contribution < -0.4 is 5.32 Å². The smallest absolute Gasteiger partial charge is 0.410 e. The minimum absolute atomic E-state index is 0.0418. The number of aliphatic hydroxyl groups is 1. The van der Waals surface area contributed by atoms with Gasteiger partial charge in [-0.1, -0.05) is 84.0 Å². The Morgan fingerprint density at radius 1 is 0.897 bits per heavy atom. The second-order valence-electron chi connectivity index (χ2n) is 9.76. The Bertz CT molecular complexity index is 423. The lowest BCUT2D eigenvalue weighted by atomic mass is 10.0. The standard InChI is InChI=1S/C24H48N2O3/c1-5-6-7-8-9-10-11-12-13-14-15-16-17-18-25-21-19-26(20-22(21)27)23(28)29-24(2,3)4/h21-22,25,27H,5-20H2,1-4H3/t21-,22-/m0/s1. The highest BCUT2D eigenvalue weighted by atomic mass is 16.6. The topological polar surface area (TPSA) is 61.8 Å².